The van der Waals surface area contributed by atoms with Crippen molar-refractivity contribution in [1.29, 1.82) is 0 Å². The highest BCUT2D eigenvalue weighted by Gasteiger charge is 2.16. The molecule has 1 fully saturated rings. The molecule has 116 valence electrons. The van der Waals surface area contributed by atoms with Crippen molar-refractivity contribution in [2.45, 2.75) is 24.3 Å². The van der Waals surface area contributed by atoms with Crippen LogP contribution in [0.25, 0.3) is 0 Å². The lowest BCUT2D eigenvalue weighted by Crippen LogP contribution is -2.25. The first-order valence-corrected chi connectivity index (χ1v) is 8.75. The van der Waals surface area contributed by atoms with Crippen molar-refractivity contribution in [3.05, 3.63) is 48.4 Å². The lowest BCUT2D eigenvalue weighted by atomic mass is 10.4. The normalized spacial score (nSPS) is 15.2. The molecule has 22 heavy (non-hydrogen) atoms. The first-order chi connectivity index (χ1) is 10.6. The summed E-state index contributed by atoms with van der Waals surface area (Å²) < 4.78 is 26.9. The van der Waals surface area contributed by atoms with Crippen LogP contribution in [0.5, 0.6) is 0 Å². The van der Waals surface area contributed by atoms with Gasteiger partial charge in [0.15, 0.2) is 0 Å². The Bertz CT molecular complexity index is 728. The number of hydrogen-bond acceptors (Lipinski definition) is 5. The van der Waals surface area contributed by atoms with Gasteiger partial charge in [-0.05, 0) is 31.0 Å². The number of benzene rings is 1. The highest BCUT2D eigenvalue weighted by molar-refractivity contribution is 7.89. The van der Waals surface area contributed by atoms with Crippen molar-refractivity contribution >= 4 is 15.8 Å². The Morgan fingerprint density at radius 1 is 1.09 bits per heavy atom. The second-order valence-corrected chi connectivity index (χ2v) is 6.93. The molecule has 2 heterocycles. The quantitative estimate of drug-likeness (QED) is 0.905. The van der Waals surface area contributed by atoms with E-state index in [2.05, 4.69) is 19.6 Å². The smallest absolute Gasteiger partial charge is 0.240 e. The summed E-state index contributed by atoms with van der Waals surface area (Å²) in [7, 11) is -3.53. The molecule has 1 aliphatic heterocycles. The van der Waals surface area contributed by atoms with Gasteiger partial charge >= 0.3 is 0 Å². The molecule has 2 aromatic rings. The standard InChI is InChI=1S/C15H18N4O2S/c20-22(21,13-6-2-1-3-7-13)17-12-14-16-9-8-15(18-14)19-10-4-5-11-19/h1-3,6-9,17H,4-5,10-12H2. The fraction of sp³-hybridized carbons (Fsp3) is 0.333. The third-order valence-corrected chi connectivity index (χ3v) is 5.01. The fourth-order valence-corrected chi connectivity index (χ4v) is 3.44. The lowest BCUT2D eigenvalue weighted by Gasteiger charge is -2.16. The van der Waals surface area contributed by atoms with E-state index < -0.39 is 10.0 Å². The van der Waals surface area contributed by atoms with E-state index in [-0.39, 0.29) is 11.4 Å². The number of nitrogens with one attached hydrogen (secondary N) is 1. The van der Waals surface area contributed by atoms with Gasteiger partial charge in [-0.2, -0.15) is 0 Å². The van der Waals surface area contributed by atoms with Gasteiger partial charge in [0.1, 0.15) is 11.6 Å². The summed E-state index contributed by atoms with van der Waals surface area (Å²) in [6.07, 6.45) is 4.01. The van der Waals surface area contributed by atoms with E-state index in [1.807, 2.05) is 6.07 Å². The van der Waals surface area contributed by atoms with Crippen molar-refractivity contribution in [1.82, 2.24) is 14.7 Å². The van der Waals surface area contributed by atoms with Gasteiger partial charge in [-0.15, -0.1) is 0 Å². The molecule has 0 saturated carbocycles. The van der Waals surface area contributed by atoms with Gasteiger partial charge in [-0.25, -0.2) is 23.1 Å². The minimum Gasteiger partial charge on any atom is -0.357 e. The molecule has 1 aromatic carbocycles. The molecule has 7 heteroatoms. The predicted molar refractivity (Wildman–Crippen MR) is 83.9 cm³/mol. The van der Waals surface area contributed by atoms with Crippen molar-refractivity contribution in [3.8, 4) is 0 Å². The average Bonchev–Trinajstić information content (AvgIpc) is 3.09. The average molecular weight is 318 g/mol. The summed E-state index contributed by atoms with van der Waals surface area (Å²) in [5, 5.41) is 0. The summed E-state index contributed by atoms with van der Waals surface area (Å²) in [5.74, 6) is 1.34. The zero-order valence-electron chi connectivity index (χ0n) is 12.1. The number of aromatic nitrogens is 2. The minimum absolute atomic E-state index is 0.0822. The van der Waals surface area contributed by atoms with Crippen LogP contribution < -0.4 is 9.62 Å². The van der Waals surface area contributed by atoms with Gasteiger partial charge in [0.25, 0.3) is 0 Å². The Kier molecular flexibility index (Phi) is 4.35. The van der Waals surface area contributed by atoms with Gasteiger partial charge in [0, 0.05) is 19.3 Å². The highest BCUT2D eigenvalue weighted by Crippen LogP contribution is 2.17. The van der Waals surface area contributed by atoms with Crippen LogP contribution in [0.4, 0.5) is 5.82 Å². The zero-order chi connectivity index (χ0) is 15.4. The van der Waals surface area contributed by atoms with Crippen molar-refractivity contribution in [2.24, 2.45) is 0 Å². The molecule has 0 atom stereocenters. The van der Waals surface area contributed by atoms with E-state index in [1.54, 1.807) is 36.5 Å². The van der Waals surface area contributed by atoms with Gasteiger partial charge in [-0.1, -0.05) is 18.2 Å². The maximum Gasteiger partial charge on any atom is 0.240 e. The number of anilines is 1. The molecule has 0 amide bonds. The second-order valence-electron chi connectivity index (χ2n) is 5.16. The van der Waals surface area contributed by atoms with Crippen LogP contribution >= 0.6 is 0 Å². The summed E-state index contributed by atoms with van der Waals surface area (Å²) in [6.45, 7) is 2.07. The Morgan fingerprint density at radius 3 is 2.55 bits per heavy atom. The molecule has 1 saturated heterocycles. The molecule has 6 nitrogen and oxygen atoms in total. The SMILES string of the molecule is O=S(=O)(NCc1nccc(N2CCCC2)n1)c1ccccc1. The molecule has 1 aromatic heterocycles. The third kappa shape index (κ3) is 3.42. The van der Waals surface area contributed by atoms with Crippen LogP contribution in [0.1, 0.15) is 18.7 Å². The number of sulfonamides is 1. The maximum absolute atomic E-state index is 12.2. The van der Waals surface area contributed by atoms with E-state index in [9.17, 15) is 8.42 Å². The highest BCUT2D eigenvalue weighted by atomic mass is 32.2. The van der Waals surface area contributed by atoms with Crippen molar-refractivity contribution in [3.63, 3.8) is 0 Å². The molecular weight excluding hydrogens is 300 g/mol. The Labute approximate surface area is 130 Å². The molecule has 0 aliphatic carbocycles. The van der Waals surface area contributed by atoms with Crippen molar-refractivity contribution in [2.75, 3.05) is 18.0 Å². The van der Waals surface area contributed by atoms with Gasteiger partial charge in [0.05, 0.1) is 11.4 Å². The molecule has 1 aliphatic rings. The fourth-order valence-electron chi connectivity index (χ4n) is 2.44. The number of hydrogen-bond donors (Lipinski definition) is 1. The predicted octanol–water partition coefficient (Wildman–Crippen LogP) is 1.56. The van der Waals surface area contributed by atoms with Gasteiger partial charge in [0.2, 0.25) is 10.0 Å². The minimum atomic E-state index is -3.53. The van der Waals surface area contributed by atoms with E-state index in [4.69, 9.17) is 0 Å². The first kappa shape index (κ1) is 14.9. The molecule has 0 unspecified atom stereocenters. The van der Waals surface area contributed by atoms with Crippen LogP contribution in [-0.4, -0.2) is 31.5 Å². The maximum atomic E-state index is 12.2. The summed E-state index contributed by atoms with van der Waals surface area (Å²) in [5.41, 5.74) is 0. The van der Waals surface area contributed by atoms with Crippen LogP contribution in [-0.2, 0) is 16.6 Å². The van der Waals surface area contributed by atoms with E-state index >= 15 is 0 Å². The van der Waals surface area contributed by atoms with E-state index in [0.717, 1.165) is 18.9 Å². The number of rotatable bonds is 5. The van der Waals surface area contributed by atoms with E-state index in [1.165, 1.54) is 12.8 Å². The van der Waals surface area contributed by atoms with E-state index in [0.29, 0.717) is 5.82 Å². The second kappa shape index (κ2) is 6.41. The third-order valence-electron chi connectivity index (χ3n) is 3.59. The van der Waals surface area contributed by atoms with Gasteiger partial charge in [-0.3, -0.25) is 0 Å². The van der Waals surface area contributed by atoms with Crippen LogP contribution in [0.15, 0.2) is 47.5 Å². The Balaban J connectivity index is 1.70. The Morgan fingerprint density at radius 2 is 1.82 bits per heavy atom. The summed E-state index contributed by atoms with van der Waals surface area (Å²) in [6, 6.07) is 10.1. The summed E-state index contributed by atoms with van der Waals surface area (Å²) in [4.78, 5) is 11.0. The molecule has 1 N–H and O–H groups in total. The zero-order valence-corrected chi connectivity index (χ0v) is 13.0. The molecule has 0 spiro atoms. The molecular formula is C15H18N4O2S. The topological polar surface area (TPSA) is 75.2 Å². The molecule has 0 bridgehead atoms. The first-order valence-electron chi connectivity index (χ1n) is 7.27. The summed E-state index contributed by atoms with van der Waals surface area (Å²) >= 11 is 0. The monoisotopic (exact) mass is 318 g/mol. The van der Waals surface area contributed by atoms with Crippen molar-refractivity contribution < 1.29 is 8.42 Å². The largest absolute Gasteiger partial charge is 0.357 e. The number of nitrogens with zero attached hydrogens (tertiary/aromatic N) is 3. The Hall–Kier alpha value is -1.99. The molecule has 0 radical (unpaired) electrons. The lowest BCUT2D eigenvalue weighted by molar-refractivity contribution is 0.579. The van der Waals surface area contributed by atoms with Crippen LogP contribution in [0.2, 0.25) is 0 Å². The van der Waals surface area contributed by atoms with Crippen LogP contribution in [0.3, 0.4) is 0 Å². The van der Waals surface area contributed by atoms with Gasteiger partial charge < -0.3 is 4.90 Å². The van der Waals surface area contributed by atoms with Crippen LogP contribution in [0, 0.1) is 0 Å². The molecule has 3 rings (SSSR count).